The molecule has 4 aliphatic carbocycles. The molecule has 0 spiro atoms. The highest BCUT2D eigenvalue weighted by Crippen LogP contribution is 2.72. The van der Waals surface area contributed by atoms with Gasteiger partial charge in [-0.15, -0.1) is 0 Å². The van der Waals surface area contributed by atoms with E-state index in [2.05, 4.69) is 41.2 Å². The van der Waals surface area contributed by atoms with Gasteiger partial charge in [0.05, 0.1) is 18.1 Å². The van der Waals surface area contributed by atoms with E-state index in [0.29, 0.717) is 24.3 Å². The van der Waals surface area contributed by atoms with Crippen molar-refractivity contribution in [2.75, 3.05) is 0 Å². The van der Waals surface area contributed by atoms with E-state index in [1.807, 2.05) is 6.92 Å². The highest BCUT2D eigenvalue weighted by atomic mass is 16.4. The van der Waals surface area contributed by atoms with Gasteiger partial charge in [0.25, 0.3) is 0 Å². The molecule has 2 fully saturated rings. The molecule has 4 heteroatoms. The van der Waals surface area contributed by atoms with Crippen molar-refractivity contribution >= 4 is 5.97 Å². The maximum atomic E-state index is 12.5. The van der Waals surface area contributed by atoms with E-state index < -0.39 is 18.0 Å². The summed E-state index contributed by atoms with van der Waals surface area (Å²) in [4.78, 5) is 12.5. The van der Waals surface area contributed by atoms with Crippen LogP contribution in [-0.4, -0.2) is 33.5 Å². The smallest absolute Gasteiger partial charge is 0.306 e. The number of carboxylic acid groups (broad SMARTS) is 1. The molecule has 4 aliphatic rings. The first-order valence-electron chi connectivity index (χ1n) is 13.7. The third-order valence-corrected chi connectivity index (χ3v) is 11.9. The summed E-state index contributed by atoms with van der Waals surface area (Å²) in [6.45, 7) is 17.5. The van der Waals surface area contributed by atoms with Crippen LogP contribution in [0.25, 0.3) is 0 Å². The van der Waals surface area contributed by atoms with E-state index in [1.54, 1.807) is 11.1 Å². The first-order valence-corrected chi connectivity index (χ1v) is 13.7. The zero-order valence-corrected chi connectivity index (χ0v) is 22.4. The largest absolute Gasteiger partial charge is 0.481 e. The van der Waals surface area contributed by atoms with Crippen molar-refractivity contribution in [3.8, 4) is 0 Å². The van der Waals surface area contributed by atoms with Crippen LogP contribution in [0.15, 0.2) is 23.3 Å². The molecule has 0 unspecified atom stereocenters. The van der Waals surface area contributed by atoms with Crippen LogP contribution < -0.4 is 0 Å². The van der Waals surface area contributed by atoms with Crippen molar-refractivity contribution < 1.29 is 20.1 Å². The molecule has 0 aliphatic heterocycles. The molecule has 8 atom stereocenters. The average molecular weight is 473 g/mol. The monoisotopic (exact) mass is 472 g/mol. The fourth-order valence-electron chi connectivity index (χ4n) is 9.44. The number of hydrogen-bond donors (Lipinski definition) is 3. The normalized spacial score (nSPS) is 42.9. The number of aliphatic carboxylic acids is 1. The van der Waals surface area contributed by atoms with Gasteiger partial charge in [0.2, 0.25) is 0 Å². The second kappa shape index (κ2) is 8.47. The van der Waals surface area contributed by atoms with E-state index in [9.17, 15) is 20.1 Å². The van der Waals surface area contributed by atoms with Crippen LogP contribution in [-0.2, 0) is 4.79 Å². The van der Waals surface area contributed by atoms with Crippen LogP contribution in [0.4, 0.5) is 0 Å². The third-order valence-electron chi connectivity index (χ3n) is 11.9. The van der Waals surface area contributed by atoms with Gasteiger partial charge >= 0.3 is 5.97 Å². The summed E-state index contributed by atoms with van der Waals surface area (Å²) >= 11 is 0. The molecule has 0 saturated heterocycles. The number of allylic oxidation sites excluding steroid dienone is 2. The van der Waals surface area contributed by atoms with Gasteiger partial charge in [-0.1, -0.05) is 57.9 Å². The predicted octanol–water partition coefficient (Wildman–Crippen LogP) is 6.51. The Balaban J connectivity index is 1.67. The van der Waals surface area contributed by atoms with Crippen LogP contribution in [0.5, 0.6) is 0 Å². The molecule has 192 valence electrons. The topological polar surface area (TPSA) is 77.8 Å². The standard InChI is InChI=1S/C30H48O4/c1-18(2)23(31)10-8-19(26(33)34)20-12-16-30(7)22-9-11-24-27(3,4)25(32)14-15-28(24,5)21(22)13-17-29(20,30)6/h19-20,23-25,31-32H,1,8-17H2,2-7H3,(H,33,34)/t19-,20-,23-,24+,25+,28-,29-,30+/m1/s1. The lowest BCUT2D eigenvalue weighted by atomic mass is 9.43. The zero-order valence-electron chi connectivity index (χ0n) is 22.4. The van der Waals surface area contributed by atoms with Crippen molar-refractivity contribution in [1.29, 1.82) is 0 Å². The second-order valence-corrected chi connectivity index (χ2v) is 13.6. The molecule has 4 rings (SSSR count). The predicted molar refractivity (Wildman–Crippen MR) is 136 cm³/mol. The summed E-state index contributed by atoms with van der Waals surface area (Å²) in [6, 6.07) is 0. The van der Waals surface area contributed by atoms with E-state index >= 15 is 0 Å². The number of rotatable bonds is 6. The number of carbonyl (C=O) groups is 1. The first kappa shape index (κ1) is 25.9. The van der Waals surface area contributed by atoms with E-state index in [0.717, 1.165) is 51.4 Å². The minimum atomic E-state index is -0.706. The first-order chi connectivity index (χ1) is 15.7. The van der Waals surface area contributed by atoms with Gasteiger partial charge < -0.3 is 15.3 Å². The minimum Gasteiger partial charge on any atom is -0.481 e. The van der Waals surface area contributed by atoms with Gasteiger partial charge in [0.15, 0.2) is 0 Å². The average Bonchev–Trinajstić information content (AvgIpc) is 3.02. The lowest BCUT2D eigenvalue weighted by Gasteiger charge is -2.62. The molecule has 4 nitrogen and oxygen atoms in total. The number of carboxylic acids is 1. The Labute approximate surface area is 206 Å². The second-order valence-electron chi connectivity index (χ2n) is 13.6. The van der Waals surface area contributed by atoms with E-state index in [-0.39, 0.29) is 33.7 Å². The van der Waals surface area contributed by atoms with Crippen LogP contribution in [0.3, 0.4) is 0 Å². The molecule has 0 amide bonds. The molecule has 34 heavy (non-hydrogen) atoms. The number of aliphatic hydroxyl groups excluding tert-OH is 2. The number of aliphatic hydroxyl groups is 2. The van der Waals surface area contributed by atoms with Crippen LogP contribution in [0.1, 0.15) is 106 Å². The van der Waals surface area contributed by atoms with Crippen molar-refractivity contribution in [2.45, 2.75) is 118 Å². The van der Waals surface area contributed by atoms with Gasteiger partial charge in [-0.05, 0) is 105 Å². The highest BCUT2D eigenvalue weighted by Gasteiger charge is 2.64. The van der Waals surface area contributed by atoms with Gasteiger partial charge in [-0.25, -0.2) is 0 Å². The minimum absolute atomic E-state index is 0.0318. The third kappa shape index (κ3) is 3.57. The summed E-state index contributed by atoms with van der Waals surface area (Å²) in [6.07, 6.45) is 8.43. The van der Waals surface area contributed by atoms with E-state index in [4.69, 9.17) is 0 Å². The summed E-state index contributed by atoms with van der Waals surface area (Å²) in [5, 5.41) is 31.3. The van der Waals surface area contributed by atoms with Crippen molar-refractivity contribution in [3.63, 3.8) is 0 Å². The zero-order chi connectivity index (χ0) is 25.3. The number of hydrogen-bond acceptors (Lipinski definition) is 3. The Kier molecular flexibility index (Phi) is 6.47. The van der Waals surface area contributed by atoms with Crippen molar-refractivity contribution in [1.82, 2.24) is 0 Å². The Bertz CT molecular complexity index is 886. The Morgan fingerprint density at radius 2 is 1.68 bits per heavy atom. The molecular formula is C30H48O4. The lowest BCUT2D eigenvalue weighted by Crippen LogP contribution is -2.55. The summed E-state index contributed by atoms with van der Waals surface area (Å²) in [5.74, 6) is -0.485. The molecule has 0 aromatic heterocycles. The van der Waals surface area contributed by atoms with Crippen LogP contribution in [0.2, 0.25) is 0 Å². The summed E-state index contributed by atoms with van der Waals surface area (Å²) in [7, 11) is 0. The molecule has 0 radical (unpaired) electrons. The fourth-order valence-corrected chi connectivity index (χ4v) is 9.44. The van der Waals surface area contributed by atoms with Crippen molar-refractivity contribution in [3.05, 3.63) is 23.3 Å². The Morgan fingerprint density at radius 3 is 2.29 bits per heavy atom. The highest BCUT2D eigenvalue weighted by molar-refractivity contribution is 5.70. The quantitative estimate of drug-likeness (QED) is 0.385. The Morgan fingerprint density at radius 1 is 1.00 bits per heavy atom. The van der Waals surface area contributed by atoms with Gasteiger partial charge in [0.1, 0.15) is 0 Å². The molecule has 0 heterocycles. The van der Waals surface area contributed by atoms with Crippen molar-refractivity contribution in [2.24, 2.45) is 39.4 Å². The van der Waals surface area contributed by atoms with E-state index in [1.165, 1.54) is 0 Å². The number of fused-ring (bicyclic) bond motifs is 4. The van der Waals surface area contributed by atoms with Crippen LogP contribution >= 0.6 is 0 Å². The molecule has 0 aromatic carbocycles. The molecular weight excluding hydrogens is 424 g/mol. The maximum absolute atomic E-state index is 12.5. The molecule has 3 N–H and O–H groups in total. The fraction of sp³-hybridized carbons (Fsp3) is 0.833. The van der Waals surface area contributed by atoms with Crippen LogP contribution in [0, 0.1) is 39.4 Å². The Hall–Kier alpha value is -1.13. The molecule has 0 bridgehead atoms. The molecule has 2 saturated carbocycles. The lowest BCUT2D eigenvalue weighted by molar-refractivity contribution is -0.147. The van der Waals surface area contributed by atoms with Gasteiger partial charge in [0, 0.05) is 0 Å². The van der Waals surface area contributed by atoms with Gasteiger partial charge in [-0.2, -0.15) is 0 Å². The van der Waals surface area contributed by atoms with Gasteiger partial charge in [-0.3, -0.25) is 4.79 Å². The summed E-state index contributed by atoms with van der Waals surface area (Å²) in [5.41, 5.74) is 4.11. The SMILES string of the molecule is C=C(C)[C@H](O)CC[C@@H](C(=O)O)[C@H]1CC[C@@]2(C)C3=C(CC[C@]12C)[C@@]1(C)CC[C@H](O)C(C)(C)[C@@H]1CC3. The maximum Gasteiger partial charge on any atom is 0.306 e. The summed E-state index contributed by atoms with van der Waals surface area (Å²) < 4.78 is 0. The molecule has 0 aromatic rings.